The molecule has 176 valence electrons. The number of carbonyl (C=O) groups excluding carboxylic acids is 1. The predicted molar refractivity (Wildman–Crippen MR) is 116 cm³/mol. The summed E-state index contributed by atoms with van der Waals surface area (Å²) in [6, 6.07) is 7.22. The Hall–Kier alpha value is -3.56. The molecule has 0 aromatic carbocycles. The van der Waals surface area contributed by atoms with Crippen molar-refractivity contribution in [1.29, 1.82) is 0 Å². The minimum absolute atomic E-state index is 0.0234. The molecule has 4 atom stereocenters. The van der Waals surface area contributed by atoms with Crippen molar-refractivity contribution in [2.75, 3.05) is 0 Å². The van der Waals surface area contributed by atoms with E-state index in [1.807, 2.05) is 19.9 Å². The fraction of sp³-hybridized carbons (Fsp3) is 0.375. The van der Waals surface area contributed by atoms with Gasteiger partial charge in [-0.15, -0.1) is 0 Å². The van der Waals surface area contributed by atoms with Gasteiger partial charge in [-0.1, -0.05) is 0 Å². The van der Waals surface area contributed by atoms with Gasteiger partial charge in [0.2, 0.25) is 5.88 Å². The zero-order valence-electron chi connectivity index (χ0n) is 18.5. The normalized spacial score (nSPS) is 23.9. The summed E-state index contributed by atoms with van der Waals surface area (Å²) in [6.45, 7) is 3.82. The number of hydrogen-bond acceptors (Lipinski definition) is 6. The fourth-order valence-corrected chi connectivity index (χ4v) is 4.93. The third kappa shape index (κ3) is 3.97. The van der Waals surface area contributed by atoms with Gasteiger partial charge in [0.25, 0.3) is 5.91 Å². The van der Waals surface area contributed by atoms with Gasteiger partial charge in [-0.25, -0.2) is 19.9 Å². The number of aryl methyl sites for hydroxylation is 1. The highest BCUT2D eigenvalue weighted by molar-refractivity contribution is 5.99. The number of likely N-dealkylation sites (tertiary alicyclic amines) is 1. The van der Waals surface area contributed by atoms with Crippen LogP contribution in [0.3, 0.4) is 0 Å². The second kappa shape index (κ2) is 8.34. The van der Waals surface area contributed by atoms with Crippen molar-refractivity contribution in [1.82, 2.24) is 24.8 Å². The second-order valence-corrected chi connectivity index (χ2v) is 8.71. The van der Waals surface area contributed by atoms with Gasteiger partial charge in [-0.3, -0.25) is 4.79 Å². The van der Waals surface area contributed by atoms with Crippen molar-refractivity contribution in [2.24, 2.45) is 5.92 Å². The van der Waals surface area contributed by atoms with Crippen LogP contribution in [0, 0.1) is 12.8 Å². The van der Waals surface area contributed by atoms with E-state index < -0.39 is 11.7 Å². The van der Waals surface area contributed by atoms with Crippen molar-refractivity contribution >= 4 is 5.91 Å². The second-order valence-electron chi connectivity index (χ2n) is 8.71. The zero-order valence-corrected chi connectivity index (χ0v) is 18.5. The van der Waals surface area contributed by atoms with Crippen LogP contribution in [0.15, 0.2) is 48.9 Å². The first-order valence-electron chi connectivity index (χ1n) is 11.0. The first-order chi connectivity index (χ1) is 16.2. The first kappa shape index (κ1) is 22.2. The minimum atomic E-state index is -4.46. The molecule has 4 heterocycles. The molecular formula is C24H22F3N5O2. The molecule has 1 aliphatic carbocycles. The number of rotatable bonds is 4. The number of alkyl halides is 3. The lowest BCUT2D eigenvalue weighted by Crippen LogP contribution is -2.51. The lowest BCUT2D eigenvalue weighted by Gasteiger charge is -2.37. The van der Waals surface area contributed by atoms with Gasteiger partial charge in [0, 0.05) is 36.4 Å². The Kier molecular flexibility index (Phi) is 5.45. The number of nitrogens with zero attached hydrogens (tertiary/aromatic N) is 5. The maximum atomic E-state index is 13.8. The molecule has 0 spiro atoms. The number of halogens is 3. The molecule has 2 aliphatic rings. The Balaban J connectivity index is 1.41. The van der Waals surface area contributed by atoms with Gasteiger partial charge < -0.3 is 9.64 Å². The van der Waals surface area contributed by atoms with E-state index in [9.17, 15) is 18.0 Å². The third-order valence-corrected chi connectivity index (χ3v) is 6.60. The lowest BCUT2D eigenvalue weighted by atomic mass is 9.98. The van der Waals surface area contributed by atoms with E-state index in [1.165, 1.54) is 6.07 Å². The molecule has 7 nitrogen and oxygen atoms in total. The Morgan fingerprint density at radius 2 is 1.85 bits per heavy atom. The average molecular weight is 469 g/mol. The molecule has 1 aliphatic heterocycles. The molecule has 3 aromatic heterocycles. The van der Waals surface area contributed by atoms with E-state index in [0.717, 1.165) is 18.7 Å². The Labute approximate surface area is 194 Å². The van der Waals surface area contributed by atoms with Crippen molar-refractivity contribution in [3.63, 3.8) is 0 Å². The molecule has 10 heteroatoms. The molecular weight excluding hydrogens is 447 g/mol. The quantitative estimate of drug-likeness (QED) is 0.566. The highest BCUT2D eigenvalue weighted by atomic mass is 19.4. The van der Waals surface area contributed by atoms with Crippen LogP contribution in [-0.2, 0) is 6.18 Å². The van der Waals surface area contributed by atoms with Crippen LogP contribution in [0.1, 0.15) is 41.5 Å². The summed E-state index contributed by atoms with van der Waals surface area (Å²) in [5.41, 5.74) is 0.686. The SMILES string of the molecule is Cc1ccc(-c2ncccn2)c(C(=O)N2C(C)C3C[C@@H](Oc4ccc(C(F)(F)F)cn4)[C@@H]2C3)n1. The van der Waals surface area contributed by atoms with Gasteiger partial charge in [-0.2, -0.15) is 13.2 Å². The number of ether oxygens (including phenoxy) is 1. The van der Waals surface area contributed by atoms with Gasteiger partial charge >= 0.3 is 6.18 Å². The van der Waals surface area contributed by atoms with E-state index in [1.54, 1.807) is 29.4 Å². The van der Waals surface area contributed by atoms with Crippen LogP contribution in [0.2, 0.25) is 0 Å². The summed E-state index contributed by atoms with van der Waals surface area (Å²) in [5.74, 6) is 0.504. The third-order valence-electron chi connectivity index (χ3n) is 6.60. The highest BCUT2D eigenvalue weighted by Crippen LogP contribution is 2.45. The molecule has 34 heavy (non-hydrogen) atoms. The number of aromatic nitrogens is 4. The van der Waals surface area contributed by atoms with E-state index in [-0.39, 0.29) is 41.6 Å². The van der Waals surface area contributed by atoms with Crippen molar-refractivity contribution in [2.45, 2.75) is 51.1 Å². The maximum Gasteiger partial charge on any atom is 0.417 e. The standard InChI is InChI=1S/C24H22F3N5O2/c1-13-4-6-17(22-28-8-3-9-29-22)21(31-13)23(33)32-14(2)15-10-18(32)19(11-15)34-20-7-5-16(12-30-20)24(25,26)27/h3-9,12,14-15,18-19H,10-11H2,1-2H3/t14?,15?,18-,19+/m0/s1. The molecule has 3 aromatic rings. The molecule has 2 bridgehead atoms. The van der Waals surface area contributed by atoms with Crippen molar-refractivity contribution in [3.05, 3.63) is 65.9 Å². The molecule has 1 saturated heterocycles. The zero-order chi connectivity index (χ0) is 24.0. The highest BCUT2D eigenvalue weighted by Gasteiger charge is 2.53. The molecule has 1 amide bonds. The van der Waals surface area contributed by atoms with E-state index in [0.29, 0.717) is 23.5 Å². The molecule has 2 unspecified atom stereocenters. The number of carbonyl (C=O) groups is 1. The summed E-state index contributed by atoms with van der Waals surface area (Å²) in [5, 5.41) is 0. The van der Waals surface area contributed by atoms with Gasteiger partial charge in [0.15, 0.2) is 5.82 Å². The van der Waals surface area contributed by atoms with E-state index >= 15 is 0 Å². The Morgan fingerprint density at radius 1 is 1.09 bits per heavy atom. The largest absolute Gasteiger partial charge is 0.472 e. The Bertz CT molecular complexity index is 1200. The smallest absolute Gasteiger partial charge is 0.417 e. The summed E-state index contributed by atoms with van der Waals surface area (Å²) in [6.07, 6.45) is 0.607. The topological polar surface area (TPSA) is 81.1 Å². The van der Waals surface area contributed by atoms with Crippen molar-refractivity contribution < 1.29 is 22.7 Å². The van der Waals surface area contributed by atoms with Crippen LogP contribution in [0.25, 0.3) is 11.4 Å². The summed E-state index contributed by atoms with van der Waals surface area (Å²) in [4.78, 5) is 32.5. The van der Waals surface area contributed by atoms with E-state index in [2.05, 4.69) is 19.9 Å². The predicted octanol–water partition coefficient (Wildman–Crippen LogP) is 4.33. The summed E-state index contributed by atoms with van der Waals surface area (Å²) < 4.78 is 44.5. The number of pyridine rings is 2. The molecule has 0 radical (unpaired) electrons. The lowest BCUT2D eigenvalue weighted by molar-refractivity contribution is -0.137. The first-order valence-corrected chi connectivity index (χ1v) is 11.0. The molecule has 0 N–H and O–H groups in total. The molecule has 1 saturated carbocycles. The van der Waals surface area contributed by atoms with E-state index in [4.69, 9.17) is 4.74 Å². The number of hydrogen-bond donors (Lipinski definition) is 0. The average Bonchev–Trinajstić information content (AvgIpc) is 3.36. The molecule has 5 rings (SSSR count). The number of fused-ring (bicyclic) bond motifs is 2. The summed E-state index contributed by atoms with van der Waals surface area (Å²) >= 11 is 0. The van der Waals surface area contributed by atoms with Crippen LogP contribution in [0.4, 0.5) is 13.2 Å². The van der Waals surface area contributed by atoms with Crippen molar-refractivity contribution in [3.8, 4) is 17.3 Å². The number of piperidine rings is 1. The van der Waals surface area contributed by atoms with Crippen LogP contribution in [0.5, 0.6) is 5.88 Å². The van der Waals surface area contributed by atoms with Gasteiger partial charge in [0.1, 0.15) is 11.8 Å². The minimum Gasteiger partial charge on any atom is -0.472 e. The molecule has 2 fully saturated rings. The number of amides is 1. The fourth-order valence-electron chi connectivity index (χ4n) is 4.93. The Morgan fingerprint density at radius 3 is 2.50 bits per heavy atom. The van der Waals surface area contributed by atoms with Gasteiger partial charge in [0.05, 0.1) is 17.2 Å². The maximum absolute atomic E-state index is 13.8. The van der Waals surface area contributed by atoms with Crippen LogP contribution in [-0.4, -0.2) is 48.9 Å². The monoisotopic (exact) mass is 469 g/mol. The van der Waals surface area contributed by atoms with Crippen LogP contribution < -0.4 is 4.74 Å². The van der Waals surface area contributed by atoms with Gasteiger partial charge in [-0.05, 0) is 56.9 Å². The van der Waals surface area contributed by atoms with Crippen LogP contribution >= 0.6 is 0 Å². The summed E-state index contributed by atoms with van der Waals surface area (Å²) in [7, 11) is 0.